The minimum absolute atomic E-state index is 0. The zero-order valence-corrected chi connectivity index (χ0v) is 13.4. The SMILES string of the molecule is CN(CC(O)C(O)C(O)C(O)CO)C(=S)[S-].[Na+]. The number of thiocarbonyl (C=S) groups is 1. The number of hydrogen-bond donors (Lipinski definition) is 5. The fourth-order valence-corrected chi connectivity index (χ4v) is 1.18. The summed E-state index contributed by atoms with van der Waals surface area (Å²) in [5, 5.41) is 45.9. The molecule has 0 saturated heterocycles. The molecular formula is C8H16NNaO5S2. The normalized spacial score (nSPS) is 17.5. The van der Waals surface area contributed by atoms with Crippen LogP contribution in [0.4, 0.5) is 0 Å². The van der Waals surface area contributed by atoms with Crippen molar-refractivity contribution >= 4 is 29.2 Å². The Hall–Kier alpha value is 0.910. The minimum Gasteiger partial charge on any atom is -0.411 e. The molecule has 0 aromatic carbocycles. The van der Waals surface area contributed by atoms with Crippen molar-refractivity contribution in [2.24, 2.45) is 0 Å². The molecule has 0 aliphatic heterocycles. The van der Waals surface area contributed by atoms with Crippen LogP contribution in [0, 0.1) is 0 Å². The van der Waals surface area contributed by atoms with Gasteiger partial charge in [0.1, 0.15) is 18.3 Å². The molecule has 0 bridgehead atoms. The Bertz CT molecular complexity index is 236. The summed E-state index contributed by atoms with van der Waals surface area (Å²) in [4.78, 5) is 1.34. The maximum atomic E-state index is 9.50. The predicted molar refractivity (Wildman–Crippen MR) is 63.7 cm³/mol. The van der Waals surface area contributed by atoms with Crippen molar-refractivity contribution in [1.29, 1.82) is 0 Å². The number of likely N-dealkylation sites (N-methyl/N-ethyl adjacent to an activating group) is 1. The molecule has 5 N–H and O–H groups in total. The number of aliphatic hydroxyl groups excluding tert-OH is 5. The molecule has 0 fully saturated rings. The maximum absolute atomic E-state index is 9.50. The molecule has 0 heterocycles. The summed E-state index contributed by atoms with van der Waals surface area (Å²) >= 11 is 9.32. The summed E-state index contributed by atoms with van der Waals surface area (Å²) in [6.07, 6.45) is -6.06. The first-order valence-corrected chi connectivity index (χ1v) is 5.38. The molecule has 4 atom stereocenters. The van der Waals surface area contributed by atoms with Crippen molar-refractivity contribution < 1.29 is 55.1 Å². The largest absolute Gasteiger partial charge is 1.00 e. The average molecular weight is 293 g/mol. The Kier molecular flexibility index (Phi) is 11.7. The third kappa shape index (κ3) is 7.16. The fraction of sp³-hybridized carbons (Fsp3) is 0.875. The molecule has 6 nitrogen and oxygen atoms in total. The van der Waals surface area contributed by atoms with Crippen molar-refractivity contribution in [3.63, 3.8) is 0 Å². The Morgan fingerprint density at radius 3 is 1.94 bits per heavy atom. The summed E-state index contributed by atoms with van der Waals surface area (Å²) in [7, 11) is 1.53. The summed E-state index contributed by atoms with van der Waals surface area (Å²) in [6.45, 7) is -0.779. The van der Waals surface area contributed by atoms with Gasteiger partial charge in [0.2, 0.25) is 0 Å². The van der Waals surface area contributed by atoms with E-state index in [1.165, 1.54) is 11.9 Å². The summed E-state index contributed by atoms with van der Waals surface area (Å²) < 4.78 is 0.114. The zero-order chi connectivity index (χ0) is 12.9. The van der Waals surface area contributed by atoms with Gasteiger partial charge in [0.15, 0.2) is 0 Å². The van der Waals surface area contributed by atoms with E-state index in [1.54, 1.807) is 0 Å². The molecule has 96 valence electrons. The third-order valence-corrected chi connectivity index (χ3v) is 2.72. The molecule has 0 amide bonds. The Balaban J connectivity index is 0. The molecule has 0 aromatic rings. The zero-order valence-electron chi connectivity index (χ0n) is 9.72. The van der Waals surface area contributed by atoms with Gasteiger partial charge in [0.25, 0.3) is 0 Å². The van der Waals surface area contributed by atoms with Gasteiger partial charge in [-0.05, 0) is 0 Å². The third-order valence-electron chi connectivity index (χ3n) is 2.10. The van der Waals surface area contributed by atoms with Gasteiger partial charge >= 0.3 is 29.6 Å². The number of nitrogens with zero attached hydrogens (tertiary/aromatic N) is 1. The monoisotopic (exact) mass is 293 g/mol. The first-order valence-electron chi connectivity index (χ1n) is 4.56. The van der Waals surface area contributed by atoms with E-state index in [0.29, 0.717) is 0 Å². The van der Waals surface area contributed by atoms with E-state index in [9.17, 15) is 15.3 Å². The van der Waals surface area contributed by atoms with E-state index in [1.807, 2.05) is 0 Å². The predicted octanol–water partition coefficient (Wildman–Crippen LogP) is -5.81. The first kappa shape index (κ1) is 20.2. The van der Waals surface area contributed by atoms with Crippen LogP contribution in [0.25, 0.3) is 0 Å². The molecule has 0 aliphatic rings. The minimum atomic E-state index is -1.63. The Labute approximate surface area is 133 Å². The van der Waals surface area contributed by atoms with Crippen LogP contribution in [0.5, 0.6) is 0 Å². The molecule has 0 aliphatic carbocycles. The second-order valence-electron chi connectivity index (χ2n) is 3.44. The fourth-order valence-electron chi connectivity index (χ4n) is 1.03. The van der Waals surface area contributed by atoms with E-state index in [2.05, 4.69) is 24.8 Å². The molecule has 0 aromatic heterocycles. The summed E-state index contributed by atoms with van der Waals surface area (Å²) in [5.74, 6) is 0. The molecule has 9 heteroatoms. The van der Waals surface area contributed by atoms with E-state index >= 15 is 0 Å². The van der Waals surface area contributed by atoms with E-state index in [0.717, 1.165) is 0 Å². The average Bonchev–Trinajstić information content (AvgIpc) is 2.25. The topological polar surface area (TPSA) is 104 Å². The Morgan fingerprint density at radius 1 is 1.18 bits per heavy atom. The van der Waals surface area contributed by atoms with Crippen LogP contribution in [-0.2, 0) is 12.6 Å². The standard InChI is InChI=1S/C8H17NO5S2.Na/c1-9(8(15)16)2-4(11)6(13)7(14)5(12)3-10;/h4-7,10-14H,2-3H2,1H3,(H,15,16);/q;+1/p-1. The van der Waals surface area contributed by atoms with Gasteiger partial charge in [-0.25, -0.2) is 0 Å². The molecule has 0 saturated carbocycles. The van der Waals surface area contributed by atoms with Crippen LogP contribution < -0.4 is 29.6 Å². The van der Waals surface area contributed by atoms with Crippen LogP contribution in [0.15, 0.2) is 0 Å². The maximum Gasteiger partial charge on any atom is 1.00 e. The van der Waals surface area contributed by atoms with Gasteiger partial charge in [0.05, 0.1) is 12.7 Å². The number of aliphatic hydroxyl groups is 5. The van der Waals surface area contributed by atoms with Crippen LogP contribution in [0.3, 0.4) is 0 Å². The van der Waals surface area contributed by atoms with E-state index < -0.39 is 31.0 Å². The number of rotatable bonds is 6. The van der Waals surface area contributed by atoms with Crippen LogP contribution in [0.1, 0.15) is 0 Å². The second kappa shape index (κ2) is 9.79. The van der Waals surface area contributed by atoms with Crippen LogP contribution >= 0.6 is 12.2 Å². The summed E-state index contributed by atoms with van der Waals surface area (Å²) in [5.41, 5.74) is 0. The van der Waals surface area contributed by atoms with Gasteiger partial charge < -0.3 is 55.3 Å². The van der Waals surface area contributed by atoms with Gasteiger partial charge in [-0.2, -0.15) is 0 Å². The van der Waals surface area contributed by atoms with Crippen molar-refractivity contribution in [1.82, 2.24) is 4.90 Å². The quantitative estimate of drug-likeness (QED) is 0.187. The molecular weight excluding hydrogens is 277 g/mol. The molecule has 0 spiro atoms. The van der Waals surface area contributed by atoms with Gasteiger partial charge in [0, 0.05) is 13.6 Å². The number of hydrogen-bond acceptors (Lipinski definition) is 7. The second-order valence-corrected chi connectivity index (χ2v) is 4.48. The van der Waals surface area contributed by atoms with Gasteiger partial charge in [-0.15, -0.1) is 0 Å². The van der Waals surface area contributed by atoms with Crippen LogP contribution in [0.2, 0.25) is 0 Å². The Morgan fingerprint density at radius 2 is 1.59 bits per heavy atom. The van der Waals surface area contributed by atoms with Crippen LogP contribution in [-0.4, -0.2) is 79.4 Å². The molecule has 0 rings (SSSR count). The van der Waals surface area contributed by atoms with Crippen molar-refractivity contribution in [2.45, 2.75) is 24.4 Å². The molecule has 4 unspecified atom stereocenters. The summed E-state index contributed by atoms with van der Waals surface area (Å²) in [6, 6.07) is 0. The smallest absolute Gasteiger partial charge is 0.411 e. The van der Waals surface area contributed by atoms with Crippen molar-refractivity contribution in [3.8, 4) is 0 Å². The van der Waals surface area contributed by atoms with Gasteiger partial charge in [-0.3, -0.25) is 0 Å². The van der Waals surface area contributed by atoms with Gasteiger partial charge in [-0.1, -0.05) is 4.32 Å². The molecule has 17 heavy (non-hydrogen) atoms. The first-order chi connectivity index (χ1) is 7.31. The van der Waals surface area contributed by atoms with E-state index in [-0.39, 0.29) is 40.4 Å². The van der Waals surface area contributed by atoms with Crippen molar-refractivity contribution in [2.75, 3.05) is 20.2 Å². The molecule has 0 radical (unpaired) electrons. The van der Waals surface area contributed by atoms with E-state index in [4.69, 9.17) is 10.2 Å². The van der Waals surface area contributed by atoms with Crippen molar-refractivity contribution in [3.05, 3.63) is 0 Å².